The summed E-state index contributed by atoms with van der Waals surface area (Å²) in [6, 6.07) is 6.74. The average Bonchev–Trinajstić information content (AvgIpc) is 3.12. The highest BCUT2D eigenvalue weighted by molar-refractivity contribution is 5.36. The average molecular weight is 328 g/mol. The summed E-state index contributed by atoms with van der Waals surface area (Å²) in [6.07, 6.45) is 2.03. The summed E-state index contributed by atoms with van der Waals surface area (Å²) in [5, 5.41) is 13.5. The van der Waals surface area contributed by atoms with Crippen LogP contribution >= 0.6 is 0 Å². The molecule has 5 nitrogen and oxygen atoms in total. The van der Waals surface area contributed by atoms with Crippen molar-refractivity contribution in [3.8, 4) is 11.9 Å². The van der Waals surface area contributed by atoms with Crippen molar-refractivity contribution >= 4 is 0 Å². The third kappa shape index (κ3) is 2.87. The number of hydrogen-bond donors (Lipinski definition) is 0. The lowest BCUT2D eigenvalue weighted by Gasteiger charge is -2.25. The fourth-order valence-electron chi connectivity index (χ4n) is 3.61. The van der Waals surface area contributed by atoms with E-state index in [2.05, 4.69) is 16.1 Å². The summed E-state index contributed by atoms with van der Waals surface area (Å²) in [6.45, 7) is 3.34. The number of ether oxygens (including phenoxy) is 1. The standard InChI is InChI=1S/C18H21FN4O/c1-12-17(18(24-3)22(2)21-12)16-5-4-8-23(16)11-14-9-13(10-20)6-7-15(14)19/h6-7,9,16H,4-5,8,11H2,1-3H3/t16-/m1/s1. The third-order valence-corrected chi connectivity index (χ3v) is 4.65. The fraction of sp³-hybridized carbons (Fsp3) is 0.444. The maximum Gasteiger partial charge on any atom is 0.216 e. The first kappa shape index (κ1) is 16.5. The Balaban J connectivity index is 1.91. The smallest absolute Gasteiger partial charge is 0.216 e. The Morgan fingerprint density at radius 1 is 1.46 bits per heavy atom. The number of halogens is 1. The second-order valence-corrected chi connectivity index (χ2v) is 6.18. The lowest BCUT2D eigenvalue weighted by Crippen LogP contribution is -2.24. The zero-order valence-corrected chi connectivity index (χ0v) is 14.2. The van der Waals surface area contributed by atoms with E-state index in [9.17, 15) is 4.39 Å². The Morgan fingerprint density at radius 2 is 2.25 bits per heavy atom. The number of methoxy groups -OCH3 is 1. The second kappa shape index (κ2) is 6.62. The molecule has 1 aromatic carbocycles. The van der Waals surface area contributed by atoms with E-state index < -0.39 is 0 Å². The summed E-state index contributed by atoms with van der Waals surface area (Å²) in [4.78, 5) is 2.24. The van der Waals surface area contributed by atoms with Gasteiger partial charge in [-0.1, -0.05) is 0 Å². The lowest BCUT2D eigenvalue weighted by atomic mass is 10.0. The van der Waals surface area contributed by atoms with Crippen molar-refractivity contribution in [1.82, 2.24) is 14.7 Å². The first-order chi connectivity index (χ1) is 11.5. The lowest BCUT2D eigenvalue weighted by molar-refractivity contribution is 0.238. The molecule has 2 heterocycles. The van der Waals surface area contributed by atoms with Gasteiger partial charge in [0, 0.05) is 25.2 Å². The van der Waals surface area contributed by atoms with Crippen molar-refractivity contribution in [2.24, 2.45) is 7.05 Å². The first-order valence-electron chi connectivity index (χ1n) is 8.05. The van der Waals surface area contributed by atoms with Crippen LogP contribution in [0.4, 0.5) is 4.39 Å². The summed E-state index contributed by atoms with van der Waals surface area (Å²) in [7, 11) is 3.51. The zero-order chi connectivity index (χ0) is 17.3. The Morgan fingerprint density at radius 3 is 2.96 bits per heavy atom. The molecule has 6 heteroatoms. The quantitative estimate of drug-likeness (QED) is 0.865. The first-order valence-corrected chi connectivity index (χ1v) is 8.05. The Labute approximate surface area is 141 Å². The van der Waals surface area contributed by atoms with Crippen LogP contribution in [0.5, 0.6) is 5.88 Å². The van der Waals surface area contributed by atoms with Gasteiger partial charge in [0.1, 0.15) is 5.82 Å². The van der Waals surface area contributed by atoms with E-state index in [1.165, 1.54) is 12.1 Å². The number of nitriles is 1. The van der Waals surface area contributed by atoms with Gasteiger partial charge in [-0.05, 0) is 44.5 Å². The van der Waals surface area contributed by atoms with Gasteiger partial charge in [0.25, 0.3) is 0 Å². The van der Waals surface area contributed by atoms with Crippen LogP contribution in [0.2, 0.25) is 0 Å². The predicted molar refractivity (Wildman–Crippen MR) is 88.0 cm³/mol. The molecule has 0 spiro atoms. The van der Waals surface area contributed by atoms with E-state index in [1.54, 1.807) is 17.9 Å². The topological polar surface area (TPSA) is 54.1 Å². The van der Waals surface area contributed by atoms with Crippen LogP contribution in [-0.2, 0) is 13.6 Å². The number of likely N-dealkylation sites (tertiary alicyclic amines) is 1. The Kier molecular flexibility index (Phi) is 4.54. The summed E-state index contributed by atoms with van der Waals surface area (Å²) in [5.41, 5.74) is 3.06. The zero-order valence-electron chi connectivity index (χ0n) is 14.2. The van der Waals surface area contributed by atoms with E-state index in [0.717, 1.165) is 36.5 Å². The van der Waals surface area contributed by atoms with Crippen LogP contribution in [-0.4, -0.2) is 28.3 Å². The van der Waals surface area contributed by atoms with E-state index >= 15 is 0 Å². The summed E-state index contributed by atoms with van der Waals surface area (Å²) < 4.78 is 21.4. The van der Waals surface area contributed by atoms with Crippen molar-refractivity contribution in [3.63, 3.8) is 0 Å². The highest BCUT2D eigenvalue weighted by Gasteiger charge is 2.32. The van der Waals surface area contributed by atoms with Crippen LogP contribution in [0.3, 0.4) is 0 Å². The molecule has 0 radical (unpaired) electrons. The van der Waals surface area contributed by atoms with Crippen LogP contribution < -0.4 is 4.74 Å². The number of aromatic nitrogens is 2. The van der Waals surface area contributed by atoms with Gasteiger partial charge in [-0.3, -0.25) is 4.90 Å². The molecule has 1 aromatic heterocycles. The monoisotopic (exact) mass is 328 g/mol. The number of rotatable bonds is 4. The molecule has 1 aliphatic rings. The number of nitrogens with zero attached hydrogens (tertiary/aromatic N) is 4. The normalized spacial score (nSPS) is 17.9. The van der Waals surface area contributed by atoms with Gasteiger partial charge < -0.3 is 4.74 Å². The van der Waals surface area contributed by atoms with Crippen molar-refractivity contribution in [2.75, 3.05) is 13.7 Å². The van der Waals surface area contributed by atoms with Crippen molar-refractivity contribution < 1.29 is 9.13 Å². The van der Waals surface area contributed by atoms with Crippen molar-refractivity contribution in [3.05, 3.63) is 46.4 Å². The van der Waals surface area contributed by atoms with Crippen molar-refractivity contribution in [2.45, 2.75) is 32.4 Å². The predicted octanol–water partition coefficient (Wildman–Crippen LogP) is 3.09. The maximum atomic E-state index is 14.1. The largest absolute Gasteiger partial charge is 0.481 e. The number of aryl methyl sites for hydroxylation is 2. The molecule has 3 rings (SSSR count). The molecule has 0 unspecified atom stereocenters. The van der Waals surface area contributed by atoms with Crippen LogP contribution in [0.15, 0.2) is 18.2 Å². The molecule has 0 bridgehead atoms. The van der Waals surface area contributed by atoms with Gasteiger partial charge in [0.2, 0.25) is 5.88 Å². The molecule has 2 aromatic rings. The number of hydrogen-bond acceptors (Lipinski definition) is 4. The van der Waals surface area contributed by atoms with E-state index in [1.807, 2.05) is 14.0 Å². The SMILES string of the molecule is COc1c([C@H]2CCCN2Cc2cc(C#N)ccc2F)c(C)nn1C. The molecule has 0 saturated carbocycles. The highest BCUT2D eigenvalue weighted by atomic mass is 19.1. The molecule has 1 fully saturated rings. The molecular formula is C18H21FN4O. The molecule has 0 N–H and O–H groups in total. The Bertz CT molecular complexity index is 793. The minimum absolute atomic E-state index is 0.152. The number of benzene rings is 1. The summed E-state index contributed by atoms with van der Waals surface area (Å²) >= 11 is 0. The fourth-order valence-corrected chi connectivity index (χ4v) is 3.61. The molecule has 1 atom stereocenters. The molecule has 24 heavy (non-hydrogen) atoms. The second-order valence-electron chi connectivity index (χ2n) is 6.18. The minimum atomic E-state index is -0.269. The van der Waals surface area contributed by atoms with E-state index in [0.29, 0.717) is 17.7 Å². The van der Waals surface area contributed by atoms with Crippen molar-refractivity contribution in [1.29, 1.82) is 5.26 Å². The van der Waals surface area contributed by atoms with E-state index in [4.69, 9.17) is 10.00 Å². The summed E-state index contributed by atoms with van der Waals surface area (Å²) in [5.74, 6) is 0.491. The highest BCUT2D eigenvalue weighted by Crippen LogP contribution is 2.39. The van der Waals surface area contributed by atoms with Gasteiger partial charge in [-0.25, -0.2) is 9.07 Å². The third-order valence-electron chi connectivity index (χ3n) is 4.65. The maximum absolute atomic E-state index is 14.1. The van der Waals surface area contributed by atoms with Gasteiger partial charge in [-0.15, -0.1) is 0 Å². The Hall–Kier alpha value is -2.39. The van der Waals surface area contributed by atoms with Gasteiger partial charge >= 0.3 is 0 Å². The van der Waals surface area contributed by atoms with Crippen LogP contribution in [0.25, 0.3) is 0 Å². The molecule has 0 amide bonds. The van der Waals surface area contributed by atoms with E-state index in [-0.39, 0.29) is 11.9 Å². The molecule has 1 saturated heterocycles. The van der Waals surface area contributed by atoms with Gasteiger partial charge in [0.15, 0.2) is 0 Å². The molecule has 0 aliphatic carbocycles. The van der Waals surface area contributed by atoms with Gasteiger partial charge in [0.05, 0.1) is 30.0 Å². The van der Waals surface area contributed by atoms with Crippen LogP contribution in [0.1, 0.15) is 41.3 Å². The van der Waals surface area contributed by atoms with Gasteiger partial charge in [-0.2, -0.15) is 10.4 Å². The van der Waals surface area contributed by atoms with Crippen LogP contribution in [0, 0.1) is 24.1 Å². The molecule has 1 aliphatic heterocycles. The molecular weight excluding hydrogens is 307 g/mol. The minimum Gasteiger partial charge on any atom is -0.481 e. The molecule has 126 valence electrons.